The van der Waals surface area contributed by atoms with Crippen LogP contribution in [0.2, 0.25) is 0 Å². The van der Waals surface area contributed by atoms with E-state index in [1.165, 1.54) is 17.8 Å². The minimum Gasteiger partial charge on any atom is -0.269 e. The highest BCUT2D eigenvalue weighted by atomic mass is 32.1. The fraction of sp³-hybridized carbons (Fsp3) is 0.250. The summed E-state index contributed by atoms with van der Waals surface area (Å²) in [5, 5.41) is 5.22. The van der Waals surface area contributed by atoms with Crippen molar-refractivity contribution in [3.05, 3.63) is 40.0 Å². The lowest BCUT2D eigenvalue weighted by Crippen LogP contribution is -2.22. The van der Waals surface area contributed by atoms with Gasteiger partial charge < -0.3 is 0 Å². The second-order valence-corrected chi connectivity index (χ2v) is 5.25. The molecule has 0 radical (unpaired) electrons. The summed E-state index contributed by atoms with van der Waals surface area (Å²) in [4.78, 5) is 15.8. The SMILES string of the molecule is O=c1c(-c2cnn(CCF)c2)c(C(F)(F)F)nc2sccn12. The molecular weight excluding hydrogens is 324 g/mol. The van der Waals surface area contributed by atoms with Crippen LogP contribution in [0.5, 0.6) is 0 Å². The van der Waals surface area contributed by atoms with Gasteiger partial charge in [-0.1, -0.05) is 0 Å². The Morgan fingerprint density at radius 2 is 2.09 bits per heavy atom. The monoisotopic (exact) mass is 332 g/mol. The van der Waals surface area contributed by atoms with Crippen molar-refractivity contribution in [1.29, 1.82) is 0 Å². The molecule has 3 aromatic rings. The Kier molecular flexibility index (Phi) is 3.47. The lowest BCUT2D eigenvalue weighted by molar-refractivity contribution is -0.140. The molecule has 116 valence electrons. The molecule has 22 heavy (non-hydrogen) atoms. The lowest BCUT2D eigenvalue weighted by atomic mass is 10.1. The summed E-state index contributed by atoms with van der Waals surface area (Å²) in [5.41, 5.74) is -2.73. The number of aryl methyl sites for hydroxylation is 1. The van der Waals surface area contributed by atoms with Crippen LogP contribution in [0.3, 0.4) is 0 Å². The predicted octanol–water partition coefficient (Wildman–Crippen LogP) is 2.61. The van der Waals surface area contributed by atoms with Gasteiger partial charge in [-0.2, -0.15) is 18.3 Å². The first kappa shape index (κ1) is 14.7. The fourth-order valence-corrected chi connectivity index (χ4v) is 2.75. The van der Waals surface area contributed by atoms with Crippen LogP contribution in [-0.4, -0.2) is 25.8 Å². The van der Waals surface area contributed by atoms with Gasteiger partial charge in [-0.25, -0.2) is 9.37 Å². The third kappa shape index (κ3) is 2.39. The Balaban J connectivity index is 2.29. The quantitative estimate of drug-likeness (QED) is 0.693. The maximum Gasteiger partial charge on any atom is 0.434 e. The number of aromatic nitrogens is 4. The Morgan fingerprint density at radius 3 is 2.77 bits per heavy atom. The molecule has 0 atom stereocenters. The first-order chi connectivity index (χ1) is 10.4. The van der Waals surface area contributed by atoms with Crippen molar-refractivity contribution < 1.29 is 17.6 Å². The van der Waals surface area contributed by atoms with Crippen LogP contribution in [0, 0.1) is 0 Å². The first-order valence-corrected chi connectivity index (χ1v) is 6.95. The number of rotatable bonds is 3. The van der Waals surface area contributed by atoms with E-state index in [0.717, 1.165) is 26.6 Å². The summed E-state index contributed by atoms with van der Waals surface area (Å²) in [6.07, 6.45) is -1.13. The van der Waals surface area contributed by atoms with Crippen molar-refractivity contribution in [3.63, 3.8) is 0 Å². The Hall–Kier alpha value is -2.23. The first-order valence-electron chi connectivity index (χ1n) is 6.07. The molecule has 10 heteroatoms. The average molecular weight is 332 g/mol. The van der Waals surface area contributed by atoms with Gasteiger partial charge in [-0.15, -0.1) is 11.3 Å². The molecule has 0 bridgehead atoms. The van der Waals surface area contributed by atoms with E-state index in [4.69, 9.17) is 0 Å². The van der Waals surface area contributed by atoms with E-state index >= 15 is 0 Å². The molecule has 0 unspecified atom stereocenters. The number of fused-ring (bicyclic) bond motifs is 1. The molecule has 0 saturated carbocycles. The van der Waals surface area contributed by atoms with Crippen molar-refractivity contribution in [3.8, 4) is 11.1 Å². The third-order valence-electron chi connectivity index (χ3n) is 2.97. The van der Waals surface area contributed by atoms with Gasteiger partial charge in [0.2, 0.25) is 0 Å². The fourth-order valence-electron chi connectivity index (χ4n) is 2.05. The number of thiazole rings is 1. The van der Waals surface area contributed by atoms with Gasteiger partial charge in [0.15, 0.2) is 10.7 Å². The van der Waals surface area contributed by atoms with Crippen LogP contribution in [-0.2, 0) is 12.7 Å². The van der Waals surface area contributed by atoms with Gasteiger partial charge in [-0.05, 0) is 0 Å². The van der Waals surface area contributed by atoms with E-state index in [9.17, 15) is 22.4 Å². The van der Waals surface area contributed by atoms with Crippen LogP contribution in [0.1, 0.15) is 5.69 Å². The second-order valence-electron chi connectivity index (χ2n) is 4.37. The largest absolute Gasteiger partial charge is 0.434 e. The molecule has 0 aliphatic rings. The highest BCUT2D eigenvalue weighted by molar-refractivity contribution is 7.15. The molecule has 0 aliphatic carbocycles. The van der Waals surface area contributed by atoms with Crippen LogP contribution in [0.4, 0.5) is 17.6 Å². The molecule has 3 rings (SSSR count). The summed E-state index contributed by atoms with van der Waals surface area (Å²) < 4.78 is 54.1. The van der Waals surface area contributed by atoms with E-state index in [-0.39, 0.29) is 17.1 Å². The van der Waals surface area contributed by atoms with Gasteiger partial charge in [0, 0.05) is 23.3 Å². The van der Waals surface area contributed by atoms with Gasteiger partial charge >= 0.3 is 6.18 Å². The summed E-state index contributed by atoms with van der Waals surface area (Å²) >= 11 is 0.930. The highest BCUT2D eigenvalue weighted by Crippen LogP contribution is 2.34. The zero-order chi connectivity index (χ0) is 15.9. The van der Waals surface area contributed by atoms with Crippen molar-refractivity contribution in [1.82, 2.24) is 19.2 Å². The van der Waals surface area contributed by atoms with E-state index in [2.05, 4.69) is 10.1 Å². The molecule has 3 aromatic heterocycles. The topological polar surface area (TPSA) is 52.2 Å². The number of hydrogen-bond acceptors (Lipinski definition) is 4. The molecule has 0 fully saturated rings. The highest BCUT2D eigenvalue weighted by Gasteiger charge is 2.38. The number of halogens is 4. The van der Waals surface area contributed by atoms with E-state index in [1.807, 2.05) is 0 Å². The number of hydrogen-bond donors (Lipinski definition) is 0. The van der Waals surface area contributed by atoms with Gasteiger partial charge in [0.25, 0.3) is 5.56 Å². The number of alkyl halides is 4. The molecule has 3 heterocycles. The summed E-state index contributed by atoms with van der Waals surface area (Å²) in [6.45, 7) is -0.815. The molecule has 0 spiro atoms. The van der Waals surface area contributed by atoms with Crippen molar-refractivity contribution >= 4 is 16.3 Å². The second kappa shape index (κ2) is 5.20. The van der Waals surface area contributed by atoms with E-state index in [0.29, 0.717) is 0 Å². The Morgan fingerprint density at radius 1 is 1.32 bits per heavy atom. The zero-order valence-corrected chi connectivity index (χ0v) is 11.7. The smallest absolute Gasteiger partial charge is 0.269 e. The van der Waals surface area contributed by atoms with E-state index < -0.39 is 29.7 Å². The van der Waals surface area contributed by atoms with Crippen LogP contribution in [0.25, 0.3) is 16.1 Å². The molecular formula is C12H8F4N4OS. The van der Waals surface area contributed by atoms with Gasteiger partial charge in [0.05, 0.1) is 18.3 Å². The van der Waals surface area contributed by atoms with Crippen molar-refractivity contribution in [2.45, 2.75) is 12.7 Å². The van der Waals surface area contributed by atoms with Crippen LogP contribution in [0.15, 0.2) is 28.8 Å². The van der Waals surface area contributed by atoms with Gasteiger partial charge in [-0.3, -0.25) is 13.9 Å². The Bertz CT molecular complexity index is 879. The lowest BCUT2D eigenvalue weighted by Gasteiger charge is -2.10. The molecule has 0 aromatic carbocycles. The Labute approximate surface area is 124 Å². The minimum atomic E-state index is -4.78. The van der Waals surface area contributed by atoms with E-state index in [1.54, 1.807) is 0 Å². The predicted molar refractivity (Wildman–Crippen MR) is 71.5 cm³/mol. The molecule has 0 N–H and O–H groups in total. The standard InChI is InChI=1S/C12H8F4N4OS/c13-1-2-19-6-7(5-17-19)8-9(12(14,15)16)18-11-20(10(8)21)3-4-22-11/h3-6H,1-2H2. The maximum absolute atomic E-state index is 13.2. The normalized spacial score (nSPS) is 12.2. The van der Waals surface area contributed by atoms with Crippen molar-refractivity contribution in [2.75, 3.05) is 6.67 Å². The maximum atomic E-state index is 13.2. The molecule has 0 aliphatic heterocycles. The molecule has 0 saturated heterocycles. The van der Waals surface area contributed by atoms with Gasteiger partial charge in [0.1, 0.15) is 6.67 Å². The summed E-state index contributed by atoms with van der Waals surface area (Å²) in [5.74, 6) is 0. The molecule has 0 amide bonds. The van der Waals surface area contributed by atoms with Crippen LogP contribution >= 0.6 is 11.3 Å². The molecule has 5 nitrogen and oxygen atoms in total. The van der Waals surface area contributed by atoms with Crippen molar-refractivity contribution in [2.24, 2.45) is 0 Å². The summed E-state index contributed by atoms with van der Waals surface area (Å²) in [7, 11) is 0. The summed E-state index contributed by atoms with van der Waals surface area (Å²) in [6, 6.07) is 0. The minimum absolute atomic E-state index is 0.0427. The average Bonchev–Trinajstić information content (AvgIpc) is 3.06. The number of nitrogens with zero attached hydrogens (tertiary/aromatic N) is 4. The van der Waals surface area contributed by atoms with Crippen LogP contribution < -0.4 is 5.56 Å². The third-order valence-corrected chi connectivity index (χ3v) is 3.73. The zero-order valence-electron chi connectivity index (χ0n) is 10.8.